The summed E-state index contributed by atoms with van der Waals surface area (Å²) in [5, 5.41) is 2.80. The van der Waals surface area contributed by atoms with Crippen molar-refractivity contribution in [1.29, 1.82) is 0 Å². The quantitative estimate of drug-likeness (QED) is 0.523. The molecule has 186 valence electrons. The minimum Gasteiger partial charge on any atom is -0.337 e. The van der Waals surface area contributed by atoms with Crippen LogP contribution < -0.4 is 10.2 Å². The lowest BCUT2D eigenvalue weighted by Crippen LogP contribution is -2.57. The lowest BCUT2D eigenvalue weighted by Gasteiger charge is -2.38. The van der Waals surface area contributed by atoms with Gasteiger partial charge in [0.2, 0.25) is 5.95 Å². The molecule has 0 aliphatic carbocycles. The van der Waals surface area contributed by atoms with Crippen LogP contribution in [0.3, 0.4) is 0 Å². The van der Waals surface area contributed by atoms with E-state index in [1.807, 2.05) is 17.8 Å². The molecule has 0 aromatic carbocycles. The highest BCUT2D eigenvalue weighted by Gasteiger charge is 2.45. The van der Waals surface area contributed by atoms with Crippen LogP contribution in [0.4, 0.5) is 39.5 Å². The Morgan fingerprint density at radius 2 is 1.89 bits per heavy atom. The molecular formula is C22H23F5N8. The van der Waals surface area contributed by atoms with Crippen molar-refractivity contribution in [3.8, 4) is 0 Å². The van der Waals surface area contributed by atoms with Crippen molar-refractivity contribution in [2.75, 3.05) is 36.4 Å². The predicted octanol–water partition coefficient (Wildman–Crippen LogP) is 3.81. The second kappa shape index (κ2) is 8.70. The smallest absolute Gasteiger partial charge is 0.337 e. The molecule has 1 atom stereocenters. The van der Waals surface area contributed by atoms with E-state index in [0.717, 1.165) is 37.1 Å². The van der Waals surface area contributed by atoms with Crippen molar-refractivity contribution in [2.45, 2.75) is 31.0 Å². The zero-order valence-corrected chi connectivity index (χ0v) is 18.8. The Morgan fingerprint density at radius 1 is 1.09 bits per heavy atom. The Bertz CT molecular complexity index is 1200. The molecule has 0 bridgehead atoms. The van der Waals surface area contributed by atoms with Gasteiger partial charge in [-0.15, -0.1) is 0 Å². The highest BCUT2D eigenvalue weighted by atomic mass is 19.4. The fraction of sp³-hybridized carbons (Fsp3) is 0.455. The first-order chi connectivity index (χ1) is 16.6. The summed E-state index contributed by atoms with van der Waals surface area (Å²) in [4.78, 5) is 20.7. The largest absolute Gasteiger partial charge is 0.416 e. The molecule has 2 aliphatic heterocycles. The molecule has 0 spiro atoms. The number of hydrogen-bond acceptors (Lipinski definition) is 7. The van der Waals surface area contributed by atoms with E-state index in [9.17, 15) is 22.0 Å². The van der Waals surface area contributed by atoms with Crippen molar-refractivity contribution in [3.05, 3.63) is 53.9 Å². The van der Waals surface area contributed by atoms with Gasteiger partial charge in [-0.25, -0.2) is 23.7 Å². The molecule has 1 N–H and O–H groups in total. The molecule has 0 radical (unpaired) electrons. The van der Waals surface area contributed by atoms with Crippen LogP contribution >= 0.6 is 0 Å². The van der Waals surface area contributed by atoms with Gasteiger partial charge in [0.15, 0.2) is 0 Å². The van der Waals surface area contributed by atoms with Crippen LogP contribution in [0.2, 0.25) is 0 Å². The van der Waals surface area contributed by atoms with Gasteiger partial charge in [-0.2, -0.15) is 18.2 Å². The van der Waals surface area contributed by atoms with E-state index in [0.29, 0.717) is 18.8 Å². The SMILES string of the molecule is Cn1ccnc1CN1CCC(c2cc(Nc3cc(C(F)(F)F)ccn3)nc(N3CC(F)(F)C3)n2)C1. The number of alkyl halides is 5. The van der Waals surface area contributed by atoms with Gasteiger partial charge < -0.3 is 14.8 Å². The number of aromatic nitrogens is 5. The fourth-order valence-corrected chi connectivity index (χ4v) is 4.29. The van der Waals surface area contributed by atoms with Gasteiger partial charge in [-0.3, -0.25) is 4.90 Å². The molecule has 8 nitrogen and oxygen atoms in total. The molecule has 3 aromatic heterocycles. The third-order valence-electron chi connectivity index (χ3n) is 6.18. The van der Waals surface area contributed by atoms with Crippen LogP contribution in [0.1, 0.15) is 29.4 Å². The van der Waals surface area contributed by atoms with Gasteiger partial charge in [0.1, 0.15) is 17.5 Å². The van der Waals surface area contributed by atoms with Crippen molar-refractivity contribution in [3.63, 3.8) is 0 Å². The van der Waals surface area contributed by atoms with Crippen molar-refractivity contribution < 1.29 is 22.0 Å². The first kappa shape index (κ1) is 23.4. The van der Waals surface area contributed by atoms with E-state index in [-0.39, 0.29) is 23.5 Å². The summed E-state index contributed by atoms with van der Waals surface area (Å²) in [5.41, 5.74) is -0.213. The van der Waals surface area contributed by atoms with E-state index >= 15 is 0 Å². The summed E-state index contributed by atoms with van der Waals surface area (Å²) in [5.74, 6) is -1.61. The Balaban J connectivity index is 1.39. The summed E-state index contributed by atoms with van der Waals surface area (Å²) in [7, 11) is 1.93. The predicted molar refractivity (Wildman–Crippen MR) is 118 cm³/mol. The number of likely N-dealkylation sites (tertiary alicyclic amines) is 1. The molecule has 0 saturated carbocycles. The topological polar surface area (TPSA) is 75.0 Å². The van der Waals surface area contributed by atoms with Crippen LogP contribution in [-0.2, 0) is 19.8 Å². The molecule has 2 aliphatic rings. The van der Waals surface area contributed by atoms with Crippen LogP contribution in [0, 0.1) is 0 Å². The van der Waals surface area contributed by atoms with Crippen molar-refractivity contribution >= 4 is 17.6 Å². The van der Waals surface area contributed by atoms with Gasteiger partial charge in [-0.05, 0) is 25.1 Å². The molecule has 2 fully saturated rings. The number of aryl methyl sites for hydroxylation is 1. The van der Waals surface area contributed by atoms with E-state index in [2.05, 4.69) is 30.2 Å². The fourth-order valence-electron chi connectivity index (χ4n) is 4.29. The summed E-state index contributed by atoms with van der Waals surface area (Å²) in [6.07, 6.45) is 0.935. The number of hydrogen-bond donors (Lipinski definition) is 1. The molecule has 35 heavy (non-hydrogen) atoms. The molecule has 5 heterocycles. The van der Waals surface area contributed by atoms with Gasteiger partial charge in [-0.1, -0.05) is 0 Å². The highest BCUT2D eigenvalue weighted by Crippen LogP contribution is 2.35. The van der Waals surface area contributed by atoms with E-state index in [1.54, 1.807) is 12.3 Å². The standard InChI is InChI=1S/C22H23F5N8/c1-33-7-5-29-19(33)11-34-6-3-14(10-34)16-9-18(32-20(30-16)35-12-21(23,24)13-35)31-17-8-15(2-4-28-17)22(25,26)27/h2,4-5,7-9,14H,3,6,10-13H2,1H3,(H,28,30,31,32). The maximum Gasteiger partial charge on any atom is 0.416 e. The number of nitrogens with zero attached hydrogens (tertiary/aromatic N) is 7. The summed E-state index contributed by atoms with van der Waals surface area (Å²) >= 11 is 0. The van der Waals surface area contributed by atoms with Crippen LogP contribution in [-0.4, -0.2) is 61.5 Å². The number of imidazole rings is 1. The van der Waals surface area contributed by atoms with Crippen molar-refractivity contribution in [2.24, 2.45) is 7.05 Å². The number of rotatable bonds is 6. The molecule has 2 saturated heterocycles. The number of nitrogens with one attached hydrogen (secondary N) is 1. The van der Waals surface area contributed by atoms with E-state index in [1.165, 1.54) is 4.90 Å². The Labute approximate surface area is 197 Å². The Morgan fingerprint density at radius 3 is 2.57 bits per heavy atom. The molecule has 5 rings (SSSR count). The first-order valence-corrected chi connectivity index (χ1v) is 11.1. The molecule has 1 unspecified atom stereocenters. The maximum absolute atomic E-state index is 13.5. The third kappa shape index (κ3) is 5.19. The average Bonchev–Trinajstić information content (AvgIpc) is 3.41. The zero-order valence-electron chi connectivity index (χ0n) is 18.8. The van der Waals surface area contributed by atoms with Gasteiger partial charge in [0.25, 0.3) is 5.92 Å². The number of halogens is 5. The van der Waals surface area contributed by atoms with Crippen molar-refractivity contribution in [1.82, 2.24) is 29.4 Å². The normalized spacial score (nSPS) is 20.2. The van der Waals surface area contributed by atoms with E-state index < -0.39 is 30.8 Å². The third-order valence-corrected chi connectivity index (χ3v) is 6.18. The molecule has 3 aromatic rings. The first-order valence-electron chi connectivity index (χ1n) is 11.1. The second-order valence-corrected chi connectivity index (χ2v) is 8.92. The second-order valence-electron chi connectivity index (χ2n) is 8.92. The summed E-state index contributed by atoms with van der Waals surface area (Å²) in [6.45, 7) is 1.13. The highest BCUT2D eigenvalue weighted by molar-refractivity contribution is 5.56. The minimum absolute atomic E-state index is 0.00817. The zero-order chi connectivity index (χ0) is 24.8. The Hall–Kier alpha value is -3.35. The van der Waals surface area contributed by atoms with Crippen LogP contribution in [0.5, 0.6) is 0 Å². The van der Waals surface area contributed by atoms with Gasteiger partial charge >= 0.3 is 6.18 Å². The number of pyridine rings is 1. The van der Waals surface area contributed by atoms with Gasteiger partial charge in [0, 0.05) is 44.2 Å². The average molecular weight is 494 g/mol. The summed E-state index contributed by atoms with van der Waals surface area (Å²) in [6, 6.07) is 3.40. The maximum atomic E-state index is 13.5. The molecular weight excluding hydrogens is 471 g/mol. The monoisotopic (exact) mass is 494 g/mol. The van der Waals surface area contributed by atoms with Crippen LogP contribution in [0.15, 0.2) is 36.8 Å². The lowest BCUT2D eigenvalue weighted by molar-refractivity contribution is -0.137. The lowest BCUT2D eigenvalue weighted by atomic mass is 10.0. The van der Waals surface area contributed by atoms with E-state index in [4.69, 9.17) is 0 Å². The summed E-state index contributed by atoms with van der Waals surface area (Å²) < 4.78 is 68.2. The molecule has 13 heteroatoms. The minimum atomic E-state index is -4.52. The van der Waals surface area contributed by atoms with Gasteiger partial charge in [0.05, 0.1) is 30.9 Å². The van der Waals surface area contributed by atoms with Crippen LogP contribution in [0.25, 0.3) is 0 Å². The molecule has 0 amide bonds. The number of anilines is 3. The Kier molecular flexibility index (Phi) is 5.82.